The lowest BCUT2D eigenvalue weighted by Gasteiger charge is -2.03. The number of hydrogen-bond acceptors (Lipinski definition) is 6. The summed E-state index contributed by atoms with van der Waals surface area (Å²) in [6.07, 6.45) is 0. The van der Waals surface area contributed by atoms with Gasteiger partial charge in [-0.1, -0.05) is 11.8 Å². The zero-order valence-corrected chi connectivity index (χ0v) is 13.9. The van der Waals surface area contributed by atoms with E-state index in [1.807, 2.05) is 0 Å². The number of thioether (sulfide) groups is 1. The molecular weight excluding hydrogens is 369 g/mol. The molecule has 0 saturated heterocycles. The highest BCUT2D eigenvalue weighted by Crippen LogP contribution is 2.25. The van der Waals surface area contributed by atoms with Crippen molar-refractivity contribution >= 4 is 17.5 Å². The second-order valence-corrected chi connectivity index (χ2v) is 5.92. The van der Waals surface area contributed by atoms with E-state index in [-0.39, 0.29) is 28.4 Å². The number of rotatable bonds is 7. The van der Waals surface area contributed by atoms with Crippen molar-refractivity contribution in [3.63, 3.8) is 0 Å². The fourth-order valence-corrected chi connectivity index (χ4v) is 2.67. The molecule has 1 heterocycles. The van der Waals surface area contributed by atoms with E-state index in [0.29, 0.717) is 11.1 Å². The summed E-state index contributed by atoms with van der Waals surface area (Å²) >= 11 is 1.05. The molecule has 0 aliphatic rings. The first-order chi connectivity index (χ1) is 12.5. The van der Waals surface area contributed by atoms with Gasteiger partial charge in [-0.05, 0) is 48.5 Å². The van der Waals surface area contributed by atoms with Crippen LogP contribution in [0.4, 0.5) is 13.2 Å². The highest BCUT2D eigenvalue weighted by atomic mass is 32.2. The molecule has 3 rings (SSSR count). The molecule has 9 heteroatoms. The smallest absolute Gasteiger partial charge is 0.387 e. The van der Waals surface area contributed by atoms with Crippen LogP contribution in [0.25, 0.3) is 11.5 Å². The molecular formula is C17H11F3N2O3S. The van der Waals surface area contributed by atoms with Crippen molar-refractivity contribution in [2.24, 2.45) is 0 Å². The summed E-state index contributed by atoms with van der Waals surface area (Å²) in [6, 6.07) is 11.0. The van der Waals surface area contributed by atoms with Crippen LogP contribution in [0.2, 0.25) is 0 Å². The molecule has 5 nitrogen and oxygen atoms in total. The Morgan fingerprint density at radius 3 is 2.42 bits per heavy atom. The van der Waals surface area contributed by atoms with Crippen molar-refractivity contribution in [2.75, 3.05) is 5.75 Å². The SMILES string of the molecule is O=C(CSc1nnc(-c2ccc(OC(F)F)cc2)o1)c1ccc(F)cc1. The molecule has 0 fully saturated rings. The third-order valence-corrected chi connectivity index (χ3v) is 4.04. The van der Waals surface area contributed by atoms with E-state index in [1.165, 1.54) is 48.5 Å². The molecule has 26 heavy (non-hydrogen) atoms. The molecule has 2 aromatic carbocycles. The van der Waals surface area contributed by atoms with Gasteiger partial charge in [-0.25, -0.2) is 4.39 Å². The quantitative estimate of drug-likeness (QED) is 0.446. The van der Waals surface area contributed by atoms with E-state index in [0.717, 1.165) is 11.8 Å². The summed E-state index contributed by atoms with van der Waals surface area (Å²) in [4.78, 5) is 12.0. The largest absolute Gasteiger partial charge is 0.435 e. The molecule has 0 spiro atoms. The van der Waals surface area contributed by atoms with Gasteiger partial charge >= 0.3 is 6.61 Å². The maximum Gasteiger partial charge on any atom is 0.387 e. The average molecular weight is 380 g/mol. The van der Waals surface area contributed by atoms with E-state index in [9.17, 15) is 18.0 Å². The summed E-state index contributed by atoms with van der Waals surface area (Å²) in [6.45, 7) is -2.90. The van der Waals surface area contributed by atoms with Crippen LogP contribution in [-0.4, -0.2) is 28.3 Å². The number of nitrogens with zero attached hydrogens (tertiary/aromatic N) is 2. The molecule has 0 atom stereocenters. The maximum atomic E-state index is 12.9. The number of ether oxygens (including phenoxy) is 1. The first-order valence-corrected chi connectivity index (χ1v) is 8.30. The van der Waals surface area contributed by atoms with Crippen LogP contribution in [0.1, 0.15) is 10.4 Å². The Morgan fingerprint density at radius 2 is 1.77 bits per heavy atom. The molecule has 3 aromatic rings. The number of benzene rings is 2. The maximum absolute atomic E-state index is 12.9. The zero-order valence-electron chi connectivity index (χ0n) is 13.1. The molecule has 1 aromatic heterocycles. The highest BCUT2D eigenvalue weighted by molar-refractivity contribution is 7.99. The van der Waals surface area contributed by atoms with E-state index < -0.39 is 12.4 Å². The van der Waals surface area contributed by atoms with Crippen LogP contribution in [0.5, 0.6) is 5.75 Å². The van der Waals surface area contributed by atoms with Gasteiger partial charge in [-0.15, -0.1) is 10.2 Å². The minimum absolute atomic E-state index is 0.0164. The van der Waals surface area contributed by atoms with Crippen molar-refractivity contribution in [3.8, 4) is 17.2 Å². The number of hydrogen-bond donors (Lipinski definition) is 0. The van der Waals surface area contributed by atoms with Crippen molar-refractivity contribution in [1.29, 1.82) is 0 Å². The van der Waals surface area contributed by atoms with Crippen LogP contribution < -0.4 is 4.74 Å². The molecule has 0 unspecified atom stereocenters. The fraction of sp³-hybridized carbons (Fsp3) is 0.118. The van der Waals surface area contributed by atoms with E-state index in [4.69, 9.17) is 4.42 Å². The molecule has 0 aliphatic heterocycles. The Morgan fingerprint density at radius 1 is 1.08 bits per heavy atom. The summed E-state index contributed by atoms with van der Waals surface area (Å²) in [7, 11) is 0. The van der Waals surface area contributed by atoms with Crippen LogP contribution in [0, 0.1) is 5.82 Å². The third-order valence-electron chi connectivity index (χ3n) is 3.23. The molecule has 0 saturated carbocycles. The van der Waals surface area contributed by atoms with Crippen molar-refractivity contribution in [3.05, 3.63) is 59.9 Å². The number of ketones is 1. The molecule has 0 amide bonds. The Balaban J connectivity index is 1.61. The lowest BCUT2D eigenvalue weighted by atomic mass is 10.1. The Labute approximate surface area is 150 Å². The second-order valence-electron chi connectivity index (χ2n) is 4.99. The van der Waals surface area contributed by atoms with Gasteiger partial charge in [-0.3, -0.25) is 4.79 Å². The van der Waals surface area contributed by atoms with Gasteiger partial charge in [0.1, 0.15) is 11.6 Å². The van der Waals surface area contributed by atoms with Crippen LogP contribution in [0.15, 0.2) is 58.2 Å². The Bertz CT molecular complexity index is 883. The normalized spacial score (nSPS) is 10.9. The first-order valence-electron chi connectivity index (χ1n) is 7.31. The summed E-state index contributed by atoms with van der Waals surface area (Å²) in [5, 5.41) is 7.86. The van der Waals surface area contributed by atoms with Gasteiger partial charge in [0.2, 0.25) is 5.89 Å². The molecule has 134 valence electrons. The summed E-state index contributed by atoms with van der Waals surface area (Å²) in [5.74, 6) is -0.369. The first kappa shape index (κ1) is 18.0. The summed E-state index contributed by atoms with van der Waals surface area (Å²) < 4.78 is 46.8. The van der Waals surface area contributed by atoms with Gasteiger partial charge in [0.05, 0.1) is 5.75 Å². The monoisotopic (exact) mass is 380 g/mol. The standard InChI is InChI=1S/C17H11F3N2O3S/c18-12-5-1-10(2-6-12)14(23)9-26-17-22-21-15(25-17)11-3-7-13(8-4-11)24-16(19)20/h1-8,16H,9H2. The third kappa shape index (κ3) is 4.63. The Hall–Kier alpha value is -2.81. The molecule has 0 bridgehead atoms. The van der Waals surface area contributed by atoms with Gasteiger partial charge in [0, 0.05) is 11.1 Å². The average Bonchev–Trinajstić information content (AvgIpc) is 3.09. The summed E-state index contributed by atoms with van der Waals surface area (Å²) in [5.41, 5.74) is 0.907. The molecule has 0 N–H and O–H groups in total. The number of carbonyl (C=O) groups excluding carboxylic acids is 1. The van der Waals surface area contributed by atoms with Gasteiger partial charge in [-0.2, -0.15) is 8.78 Å². The lowest BCUT2D eigenvalue weighted by Crippen LogP contribution is -2.02. The van der Waals surface area contributed by atoms with E-state index in [1.54, 1.807) is 0 Å². The number of alkyl halides is 2. The van der Waals surface area contributed by atoms with Gasteiger partial charge in [0.25, 0.3) is 5.22 Å². The van der Waals surface area contributed by atoms with Gasteiger partial charge < -0.3 is 9.15 Å². The topological polar surface area (TPSA) is 65.2 Å². The van der Waals surface area contributed by atoms with Crippen molar-refractivity contribution < 1.29 is 27.1 Å². The number of halogens is 3. The van der Waals surface area contributed by atoms with E-state index in [2.05, 4.69) is 14.9 Å². The second kappa shape index (κ2) is 8.05. The van der Waals surface area contributed by atoms with E-state index >= 15 is 0 Å². The number of Topliss-reactive ketones (excluding diaryl/α,β-unsaturated/α-hetero) is 1. The van der Waals surface area contributed by atoms with Gasteiger partial charge in [0.15, 0.2) is 5.78 Å². The van der Waals surface area contributed by atoms with Crippen molar-refractivity contribution in [2.45, 2.75) is 11.8 Å². The predicted octanol–water partition coefficient (Wildman–Crippen LogP) is 4.45. The highest BCUT2D eigenvalue weighted by Gasteiger charge is 2.13. The number of aromatic nitrogens is 2. The van der Waals surface area contributed by atoms with Crippen LogP contribution >= 0.6 is 11.8 Å². The Kier molecular flexibility index (Phi) is 5.57. The van der Waals surface area contributed by atoms with Crippen molar-refractivity contribution in [1.82, 2.24) is 10.2 Å². The fourth-order valence-electron chi connectivity index (χ4n) is 2.01. The molecule has 0 radical (unpaired) electrons. The minimum Gasteiger partial charge on any atom is -0.435 e. The lowest BCUT2D eigenvalue weighted by molar-refractivity contribution is -0.0498. The predicted molar refractivity (Wildman–Crippen MR) is 87.8 cm³/mol. The van der Waals surface area contributed by atoms with Crippen LogP contribution in [-0.2, 0) is 0 Å². The zero-order chi connectivity index (χ0) is 18.5. The minimum atomic E-state index is -2.90. The number of carbonyl (C=O) groups is 1. The molecule has 0 aliphatic carbocycles. The van der Waals surface area contributed by atoms with Crippen LogP contribution in [0.3, 0.4) is 0 Å².